The lowest BCUT2D eigenvalue weighted by molar-refractivity contribution is 0.195. The molecule has 0 saturated carbocycles. The molecule has 0 saturated heterocycles. The number of rotatable bonds is 9. The smallest absolute Gasteiger partial charge is 0.123 e. The van der Waals surface area contributed by atoms with Crippen LogP contribution in [0.5, 0.6) is 0 Å². The predicted molar refractivity (Wildman–Crippen MR) is 79.6 cm³/mol. The van der Waals surface area contributed by atoms with Gasteiger partial charge in [-0.2, -0.15) is 0 Å². The largest absolute Gasteiger partial charge is 0.329 e. The minimum Gasteiger partial charge on any atom is -0.329 e. The standard InChI is InChI=1S/C16H27FN2/c1-3-5-10-19(11-6-4-2)16(13-18)14-8-7-9-15(17)12-14/h7-9,12,16H,3-6,10-11,13,18H2,1-2H3. The van der Waals surface area contributed by atoms with E-state index in [9.17, 15) is 4.39 Å². The molecular formula is C16H27FN2. The van der Waals surface area contributed by atoms with Gasteiger partial charge in [-0.15, -0.1) is 0 Å². The van der Waals surface area contributed by atoms with E-state index in [1.54, 1.807) is 12.1 Å². The number of halogens is 1. The first-order valence-electron chi connectivity index (χ1n) is 7.42. The molecule has 19 heavy (non-hydrogen) atoms. The lowest BCUT2D eigenvalue weighted by Gasteiger charge is -2.31. The molecule has 1 aromatic carbocycles. The van der Waals surface area contributed by atoms with Crippen molar-refractivity contribution in [1.29, 1.82) is 0 Å². The third-order valence-electron chi connectivity index (χ3n) is 3.50. The van der Waals surface area contributed by atoms with Crippen LogP contribution >= 0.6 is 0 Å². The second kappa shape index (κ2) is 9.05. The normalized spacial score (nSPS) is 12.9. The van der Waals surface area contributed by atoms with E-state index in [2.05, 4.69) is 18.7 Å². The zero-order valence-corrected chi connectivity index (χ0v) is 12.2. The van der Waals surface area contributed by atoms with Crippen molar-refractivity contribution in [1.82, 2.24) is 4.90 Å². The summed E-state index contributed by atoms with van der Waals surface area (Å²) in [4.78, 5) is 2.40. The van der Waals surface area contributed by atoms with Gasteiger partial charge in [-0.25, -0.2) is 4.39 Å². The van der Waals surface area contributed by atoms with Gasteiger partial charge in [0.2, 0.25) is 0 Å². The zero-order chi connectivity index (χ0) is 14.1. The number of nitrogens with zero attached hydrogens (tertiary/aromatic N) is 1. The molecule has 1 aromatic rings. The summed E-state index contributed by atoms with van der Waals surface area (Å²) in [5.74, 6) is -0.179. The summed E-state index contributed by atoms with van der Waals surface area (Å²) in [5.41, 5.74) is 6.93. The molecular weight excluding hydrogens is 239 g/mol. The highest BCUT2D eigenvalue weighted by Crippen LogP contribution is 2.21. The Morgan fingerprint density at radius 3 is 2.26 bits per heavy atom. The Morgan fingerprint density at radius 1 is 1.16 bits per heavy atom. The molecule has 0 aliphatic rings. The van der Waals surface area contributed by atoms with E-state index >= 15 is 0 Å². The van der Waals surface area contributed by atoms with Crippen molar-refractivity contribution in [2.24, 2.45) is 5.73 Å². The molecule has 0 radical (unpaired) electrons. The second-order valence-electron chi connectivity index (χ2n) is 5.05. The zero-order valence-electron chi connectivity index (χ0n) is 12.2. The molecule has 2 nitrogen and oxygen atoms in total. The fraction of sp³-hybridized carbons (Fsp3) is 0.625. The van der Waals surface area contributed by atoms with Gasteiger partial charge in [0.1, 0.15) is 5.82 Å². The molecule has 0 aromatic heterocycles. The molecule has 1 rings (SSSR count). The van der Waals surface area contributed by atoms with Crippen molar-refractivity contribution in [3.05, 3.63) is 35.6 Å². The van der Waals surface area contributed by atoms with Crippen molar-refractivity contribution < 1.29 is 4.39 Å². The molecule has 2 N–H and O–H groups in total. The maximum atomic E-state index is 13.4. The van der Waals surface area contributed by atoms with E-state index in [0.717, 1.165) is 31.5 Å². The molecule has 0 spiro atoms. The summed E-state index contributed by atoms with van der Waals surface area (Å²) < 4.78 is 13.4. The van der Waals surface area contributed by atoms with Crippen LogP contribution in [0.1, 0.15) is 51.1 Å². The van der Waals surface area contributed by atoms with Gasteiger partial charge in [-0.3, -0.25) is 4.90 Å². The number of hydrogen-bond donors (Lipinski definition) is 1. The number of hydrogen-bond acceptors (Lipinski definition) is 2. The summed E-state index contributed by atoms with van der Waals surface area (Å²) in [7, 11) is 0. The van der Waals surface area contributed by atoms with Gasteiger partial charge in [0.05, 0.1) is 0 Å². The van der Waals surface area contributed by atoms with Crippen LogP contribution in [0, 0.1) is 5.82 Å². The average molecular weight is 266 g/mol. The molecule has 3 heteroatoms. The lowest BCUT2D eigenvalue weighted by atomic mass is 10.0. The van der Waals surface area contributed by atoms with Crippen molar-refractivity contribution in [2.45, 2.75) is 45.6 Å². The van der Waals surface area contributed by atoms with Gasteiger partial charge in [0.15, 0.2) is 0 Å². The molecule has 1 unspecified atom stereocenters. The quantitative estimate of drug-likeness (QED) is 0.738. The van der Waals surface area contributed by atoms with E-state index in [1.807, 2.05) is 6.07 Å². The maximum Gasteiger partial charge on any atom is 0.123 e. The van der Waals surface area contributed by atoms with Crippen LogP contribution in [0.4, 0.5) is 4.39 Å². The molecule has 108 valence electrons. The highest BCUT2D eigenvalue weighted by Gasteiger charge is 2.18. The monoisotopic (exact) mass is 266 g/mol. The molecule has 0 amide bonds. The van der Waals surface area contributed by atoms with Crippen LogP contribution in [0.15, 0.2) is 24.3 Å². The van der Waals surface area contributed by atoms with Crippen LogP contribution in [0.2, 0.25) is 0 Å². The van der Waals surface area contributed by atoms with Gasteiger partial charge < -0.3 is 5.73 Å². The predicted octanol–water partition coefficient (Wildman–Crippen LogP) is 3.73. The van der Waals surface area contributed by atoms with Crippen LogP contribution in [-0.2, 0) is 0 Å². The van der Waals surface area contributed by atoms with Crippen molar-refractivity contribution in [2.75, 3.05) is 19.6 Å². The molecule has 0 bridgehead atoms. The number of unbranched alkanes of at least 4 members (excludes halogenated alkanes) is 2. The molecule has 0 heterocycles. The average Bonchev–Trinajstić information content (AvgIpc) is 2.42. The first kappa shape index (κ1) is 16.1. The van der Waals surface area contributed by atoms with Crippen LogP contribution in [-0.4, -0.2) is 24.5 Å². The Hall–Kier alpha value is -0.930. The third-order valence-corrected chi connectivity index (χ3v) is 3.50. The molecule has 0 fully saturated rings. The van der Waals surface area contributed by atoms with E-state index in [4.69, 9.17) is 5.73 Å². The van der Waals surface area contributed by atoms with E-state index in [1.165, 1.54) is 18.9 Å². The Kier molecular flexibility index (Phi) is 7.68. The van der Waals surface area contributed by atoms with Gasteiger partial charge in [-0.1, -0.05) is 38.8 Å². The van der Waals surface area contributed by atoms with E-state index in [-0.39, 0.29) is 11.9 Å². The Balaban J connectivity index is 2.81. The molecule has 0 aliphatic heterocycles. The van der Waals surface area contributed by atoms with Gasteiger partial charge in [-0.05, 0) is 43.6 Å². The molecule has 1 atom stereocenters. The first-order chi connectivity index (χ1) is 9.22. The fourth-order valence-electron chi connectivity index (χ4n) is 2.36. The lowest BCUT2D eigenvalue weighted by Crippen LogP contribution is -2.35. The Bertz CT molecular complexity index is 346. The van der Waals surface area contributed by atoms with Crippen molar-refractivity contribution in [3.63, 3.8) is 0 Å². The topological polar surface area (TPSA) is 29.3 Å². The van der Waals surface area contributed by atoms with Gasteiger partial charge >= 0.3 is 0 Å². The molecule has 0 aliphatic carbocycles. The highest BCUT2D eigenvalue weighted by atomic mass is 19.1. The summed E-state index contributed by atoms with van der Waals surface area (Å²) in [6.07, 6.45) is 4.66. The van der Waals surface area contributed by atoms with Gasteiger partial charge in [0, 0.05) is 12.6 Å². The summed E-state index contributed by atoms with van der Waals surface area (Å²) in [6.45, 7) is 7.00. The highest BCUT2D eigenvalue weighted by molar-refractivity contribution is 5.20. The van der Waals surface area contributed by atoms with E-state index < -0.39 is 0 Å². The van der Waals surface area contributed by atoms with Crippen LogP contribution in [0.25, 0.3) is 0 Å². The summed E-state index contributed by atoms with van der Waals surface area (Å²) >= 11 is 0. The minimum absolute atomic E-state index is 0.133. The SMILES string of the molecule is CCCCN(CCCC)C(CN)c1cccc(F)c1. The maximum absolute atomic E-state index is 13.4. The fourth-order valence-corrected chi connectivity index (χ4v) is 2.36. The van der Waals surface area contributed by atoms with Crippen LogP contribution in [0.3, 0.4) is 0 Å². The Morgan fingerprint density at radius 2 is 1.79 bits per heavy atom. The minimum atomic E-state index is -0.179. The second-order valence-corrected chi connectivity index (χ2v) is 5.05. The van der Waals surface area contributed by atoms with Crippen molar-refractivity contribution >= 4 is 0 Å². The van der Waals surface area contributed by atoms with Crippen molar-refractivity contribution in [3.8, 4) is 0 Å². The number of nitrogens with two attached hydrogens (primary N) is 1. The Labute approximate surface area is 116 Å². The third kappa shape index (κ3) is 5.29. The number of benzene rings is 1. The summed E-state index contributed by atoms with van der Waals surface area (Å²) in [5, 5.41) is 0. The first-order valence-corrected chi connectivity index (χ1v) is 7.42. The van der Waals surface area contributed by atoms with Crippen LogP contribution < -0.4 is 5.73 Å². The van der Waals surface area contributed by atoms with E-state index in [0.29, 0.717) is 6.54 Å². The summed E-state index contributed by atoms with van der Waals surface area (Å²) in [6, 6.07) is 6.98. The van der Waals surface area contributed by atoms with Gasteiger partial charge in [0.25, 0.3) is 0 Å².